The Balaban J connectivity index is 1.36. The van der Waals surface area contributed by atoms with Gasteiger partial charge >= 0.3 is 5.97 Å². The fourth-order valence-corrected chi connectivity index (χ4v) is 4.67. The van der Waals surface area contributed by atoms with E-state index in [2.05, 4.69) is 5.32 Å². The molecule has 0 unspecified atom stereocenters. The molecule has 1 aliphatic carbocycles. The Kier molecular flexibility index (Phi) is 6.95. The van der Waals surface area contributed by atoms with E-state index in [9.17, 15) is 19.2 Å². The number of hydrogen-bond donors (Lipinski definition) is 1. The van der Waals surface area contributed by atoms with Gasteiger partial charge in [-0.3, -0.25) is 24.1 Å². The van der Waals surface area contributed by atoms with E-state index in [4.69, 9.17) is 9.47 Å². The fourth-order valence-electron chi connectivity index (χ4n) is 4.67. The number of para-hydroxylation sites is 2. The van der Waals surface area contributed by atoms with E-state index in [1.54, 1.807) is 48.5 Å². The van der Waals surface area contributed by atoms with Crippen LogP contribution in [0, 0.1) is 0 Å². The van der Waals surface area contributed by atoms with Gasteiger partial charge in [-0.05, 0) is 56.2 Å². The molecule has 2 aliphatic rings. The van der Waals surface area contributed by atoms with Crippen LogP contribution in [0.2, 0.25) is 0 Å². The molecule has 0 aromatic heterocycles. The third kappa shape index (κ3) is 4.66. The summed E-state index contributed by atoms with van der Waals surface area (Å²) in [6.45, 7) is 1.92. The van der Waals surface area contributed by atoms with Crippen LogP contribution in [-0.2, 0) is 19.1 Å². The van der Waals surface area contributed by atoms with Gasteiger partial charge in [0.2, 0.25) is 0 Å². The van der Waals surface area contributed by atoms with Crippen molar-refractivity contribution in [3.05, 3.63) is 54.1 Å². The molecule has 4 rings (SSSR count). The Morgan fingerprint density at radius 3 is 2.41 bits per heavy atom. The molecule has 1 spiro atoms. The zero-order valence-electron chi connectivity index (χ0n) is 19.2. The first-order valence-electron chi connectivity index (χ1n) is 11.6. The predicted octanol–water partition coefficient (Wildman–Crippen LogP) is 3.89. The number of anilines is 2. The first kappa shape index (κ1) is 23.5. The second-order valence-electron chi connectivity index (χ2n) is 8.48. The molecule has 0 radical (unpaired) electrons. The summed E-state index contributed by atoms with van der Waals surface area (Å²) < 4.78 is 10.6. The number of nitrogens with one attached hydrogen (secondary N) is 1. The monoisotopic (exact) mass is 464 g/mol. The smallest absolute Gasteiger partial charge is 0.306 e. The number of amides is 2. The molecule has 2 aromatic carbocycles. The van der Waals surface area contributed by atoms with Gasteiger partial charge in [0.05, 0.1) is 24.4 Å². The Morgan fingerprint density at radius 1 is 1.00 bits per heavy atom. The summed E-state index contributed by atoms with van der Waals surface area (Å²) in [6, 6.07) is 13.8. The molecule has 8 heteroatoms. The van der Waals surface area contributed by atoms with Gasteiger partial charge in [0, 0.05) is 12.0 Å². The number of benzene rings is 2. The van der Waals surface area contributed by atoms with Crippen molar-refractivity contribution in [2.75, 3.05) is 23.4 Å². The lowest BCUT2D eigenvalue weighted by molar-refractivity contribution is -0.148. The Labute approximate surface area is 198 Å². The average Bonchev–Trinajstić information content (AvgIpc) is 3.33. The molecule has 178 valence electrons. The highest BCUT2D eigenvalue weighted by molar-refractivity contribution is 6.15. The van der Waals surface area contributed by atoms with Gasteiger partial charge in [0.15, 0.2) is 12.4 Å². The largest absolute Gasteiger partial charge is 0.494 e. The molecule has 2 amide bonds. The maximum Gasteiger partial charge on any atom is 0.306 e. The van der Waals surface area contributed by atoms with E-state index in [1.165, 1.54) is 4.90 Å². The van der Waals surface area contributed by atoms with Crippen molar-refractivity contribution in [1.29, 1.82) is 0 Å². The van der Waals surface area contributed by atoms with Crippen LogP contribution in [-0.4, -0.2) is 42.3 Å². The second kappa shape index (κ2) is 10.1. The van der Waals surface area contributed by atoms with E-state index in [-0.39, 0.29) is 24.5 Å². The molecular formula is C26H28N2O6. The highest BCUT2D eigenvalue weighted by atomic mass is 16.5. The van der Waals surface area contributed by atoms with Gasteiger partial charge in [-0.1, -0.05) is 25.0 Å². The van der Waals surface area contributed by atoms with Crippen LogP contribution in [0.25, 0.3) is 0 Å². The summed E-state index contributed by atoms with van der Waals surface area (Å²) in [5.41, 5.74) is 0.689. The third-order valence-electron chi connectivity index (χ3n) is 6.32. The van der Waals surface area contributed by atoms with Crippen LogP contribution in [0.4, 0.5) is 11.4 Å². The van der Waals surface area contributed by atoms with Crippen LogP contribution in [0.15, 0.2) is 48.5 Å². The van der Waals surface area contributed by atoms with Crippen LogP contribution in [0.5, 0.6) is 5.75 Å². The number of nitrogens with zero attached hydrogens (tertiary/aromatic N) is 1. The minimum atomic E-state index is -0.957. The standard InChI is InChI=1S/C26H28N2O6/c1-2-33-19-11-9-18(10-12-19)22(29)13-14-24(31)34-17-23(30)28-21-8-4-3-7-20(21)27-25(32)26(28)15-5-6-16-26/h3-4,7-12H,2,5-6,13-17H2,1H3,(H,27,32). The summed E-state index contributed by atoms with van der Waals surface area (Å²) in [5, 5.41) is 2.92. The Bertz CT molecular complexity index is 1090. The molecule has 1 aliphatic heterocycles. The number of rotatable bonds is 8. The highest BCUT2D eigenvalue weighted by Gasteiger charge is 2.52. The van der Waals surface area contributed by atoms with Crippen molar-refractivity contribution in [2.24, 2.45) is 0 Å². The zero-order valence-corrected chi connectivity index (χ0v) is 19.2. The topological polar surface area (TPSA) is 102 Å². The van der Waals surface area contributed by atoms with Crippen molar-refractivity contribution in [3.63, 3.8) is 0 Å². The molecule has 34 heavy (non-hydrogen) atoms. The Morgan fingerprint density at radius 2 is 1.71 bits per heavy atom. The molecule has 0 bridgehead atoms. The van der Waals surface area contributed by atoms with Gasteiger partial charge < -0.3 is 14.8 Å². The molecule has 0 atom stereocenters. The van der Waals surface area contributed by atoms with E-state index in [1.807, 2.05) is 6.92 Å². The minimum Gasteiger partial charge on any atom is -0.494 e. The summed E-state index contributed by atoms with van der Waals surface area (Å²) in [6.07, 6.45) is 2.63. The number of ether oxygens (including phenoxy) is 2. The predicted molar refractivity (Wildman–Crippen MR) is 126 cm³/mol. The number of ketones is 1. The minimum absolute atomic E-state index is 0.0279. The first-order valence-corrected chi connectivity index (χ1v) is 11.6. The summed E-state index contributed by atoms with van der Waals surface area (Å²) in [4.78, 5) is 52.3. The normalized spacial score (nSPS) is 16.0. The number of carbonyl (C=O) groups is 4. The molecule has 8 nitrogen and oxygen atoms in total. The average molecular weight is 465 g/mol. The van der Waals surface area contributed by atoms with Gasteiger partial charge in [0.1, 0.15) is 11.3 Å². The quantitative estimate of drug-likeness (QED) is 0.470. The second-order valence-corrected chi connectivity index (χ2v) is 8.48. The molecule has 1 heterocycles. The number of hydrogen-bond acceptors (Lipinski definition) is 6. The van der Waals surface area contributed by atoms with Gasteiger partial charge in [-0.2, -0.15) is 0 Å². The lowest BCUT2D eigenvalue weighted by Gasteiger charge is -2.44. The molecular weight excluding hydrogens is 436 g/mol. The number of carbonyl (C=O) groups excluding carboxylic acids is 4. The maximum atomic E-state index is 13.2. The molecule has 1 saturated carbocycles. The number of fused-ring (bicyclic) bond motifs is 1. The zero-order chi connectivity index (χ0) is 24.1. The van der Waals surface area contributed by atoms with Crippen molar-refractivity contribution in [2.45, 2.75) is 51.0 Å². The van der Waals surface area contributed by atoms with Crippen molar-refractivity contribution in [1.82, 2.24) is 0 Å². The molecule has 0 saturated heterocycles. The van der Waals surface area contributed by atoms with E-state index < -0.39 is 24.0 Å². The van der Waals surface area contributed by atoms with Gasteiger partial charge in [0.25, 0.3) is 11.8 Å². The van der Waals surface area contributed by atoms with E-state index in [0.29, 0.717) is 42.1 Å². The summed E-state index contributed by atoms with van der Waals surface area (Å²) >= 11 is 0. The SMILES string of the molecule is CCOc1ccc(C(=O)CCC(=O)OCC(=O)N2c3ccccc3NC(=O)C23CCCC3)cc1. The third-order valence-corrected chi connectivity index (χ3v) is 6.32. The number of esters is 1. The molecule has 2 aromatic rings. The van der Waals surface area contributed by atoms with E-state index >= 15 is 0 Å². The van der Waals surface area contributed by atoms with Gasteiger partial charge in [-0.25, -0.2) is 0 Å². The lowest BCUT2D eigenvalue weighted by atomic mass is 9.90. The van der Waals surface area contributed by atoms with Crippen molar-refractivity contribution < 1.29 is 28.7 Å². The summed E-state index contributed by atoms with van der Waals surface area (Å²) in [5.74, 6) is -0.814. The molecule has 1 N–H and O–H groups in total. The summed E-state index contributed by atoms with van der Waals surface area (Å²) in [7, 11) is 0. The van der Waals surface area contributed by atoms with E-state index in [0.717, 1.165) is 12.8 Å². The fraction of sp³-hybridized carbons (Fsp3) is 0.385. The van der Waals surface area contributed by atoms with Crippen LogP contribution in [0.1, 0.15) is 55.8 Å². The lowest BCUT2D eigenvalue weighted by Crippen LogP contribution is -2.61. The van der Waals surface area contributed by atoms with Crippen LogP contribution >= 0.6 is 0 Å². The highest BCUT2D eigenvalue weighted by Crippen LogP contribution is 2.45. The maximum absolute atomic E-state index is 13.2. The number of Topliss-reactive ketones (excluding diaryl/α,β-unsaturated/α-hetero) is 1. The van der Waals surface area contributed by atoms with Crippen LogP contribution in [0.3, 0.4) is 0 Å². The first-order chi connectivity index (χ1) is 16.4. The Hall–Kier alpha value is -3.68. The molecule has 1 fully saturated rings. The van der Waals surface area contributed by atoms with Crippen molar-refractivity contribution in [3.8, 4) is 5.75 Å². The van der Waals surface area contributed by atoms with Crippen LogP contribution < -0.4 is 15.0 Å². The van der Waals surface area contributed by atoms with Gasteiger partial charge in [-0.15, -0.1) is 0 Å². The van der Waals surface area contributed by atoms with Crippen molar-refractivity contribution >= 4 is 34.9 Å².